The first kappa shape index (κ1) is 14.0. The summed E-state index contributed by atoms with van der Waals surface area (Å²) in [5.74, 6) is 0.294. The van der Waals surface area contributed by atoms with E-state index in [-0.39, 0.29) is 18.3 Å². The lowest BCUT2D eigenvalue weighted by molar-refractivity contribution is -0.131. The number of hydrogen-bond donors (Lipinski definition) is 1. The maximum absolute atomic E-state index is 12.6. The lowest BCUT2D eigenvalue weighted by Gasteiger charge is -2.19. The predicted octanol–water partition coefficient (Wildman–Crippen LogP) is 2.06. The minimum absolute atomic E-state index is 0.0310. The molecule has 0 spiro atoms. The summed E-state index contributed by atoms with van der Waals surface area (Å²) in [5.41, 5.74) is -1.12. The van der Waals surface area contributed by atoms with Crippen LogP contribution in [0.4, 0.5) is 4.79 Å². The number of halogens is 1. The molecule has 1 N–H and O–H groups in total. The molecule has 0 aromatic carbocycles. The summed E-state index contributed by atoms with van der Waals surface area (Å²) in [7, 11) is 0. The predicted molar refractivity (Wildman–Crippen MR) is 74.8 cm³/mol. The molecule has 3 heterocycles. The molecule has 0 aliphatic carbocycles. The number of aromatic nitrogens is 2. The number of amides is 3. The molecule has 1 aliphatic rings. The Labute approximate surface area is 128 Å². The molecule has 1 aliphatic heterocycles. The summed E-state index contributed by atoms with van der Waals surface area (Å²) in [5, 5.41) is 6.38. The smallest absolute Gasteiger partial charge is 0.325 e. The Morgan fingerprint density at radius 3 is 2.81 bits per heavy atom. The quantitative estimate of drug-likeness (QED) is 0.872. The van der Waals surface area contributed by atoms with Crippen molar-refractivity contribution >= 4 is 34.9 Å². The Morgan fingerprint density at radius 2 is 2.24 bits per heavy atom. The van der Waals surface area contributed by atoms with E-state index in [1.165, 1.54) is 11.3 Å². The van der Waals surface area contributed by atoms with E-state index in [0.717, 1.165) is 4.90 Å². The van der Waals surface area contributed by atoms with E-state index < -0.39 is 11.6 Å². The average Bonchev–Trinajstić information content (AvgIpc) is 3.08. The van der Waals surface area contributed by atoms with Gasteiger partial charge in [-0.2, -0.15) is 4.98 Å². The van der Waals surface area contributed by atoms with Gasteiger partial charge >= 0.3 is 6.03 Å². The zero-order valence-corrected chi connectivity index (χ0v) is 12.8. The average molecular weight is 327 g/mol. The first-order valence-corrected chi connectivity index (χ1v) is 7.29. The molecule has 1 saturated heterocycles. The van der Waals surface area contributed by atoms with E-state index in [2.05, 4.69) is 15.5 Å². The van der Waals surface area contributed by atoms with Gasteiger partial charge in [0.15, 0.2) is 11.4 Å². The fraction of sp³-hybridized carbons (Fsp3) is 0.333. The highest BCUT2D eigenvalue weighted by Crippen LogP contribution is 2.35. The maximum atomic E-state index is 12.6. The number of rotatable bonds is 3. The van der Waals surface area contributed by atoms with Crippen LogP contribution >= 0.6 is 22.9 Å². The summed E-state index contributed by atoms with van der Waals surface area (Å²) in [6.07, 6.45) is 0. The third-order valence-electron chi connectivity index (χ3n) is 3.21. The van der Waals surface area contributed by atoms with Crippen LogP contribution in [0.5, 0.6) is 0 Å². The summed E-state index contributed by atoms with van der Waals surface area (Å²) < 4.78 is 5.40. The molecule has 1 fully saturated rings. The van der Waals surface area contributed by atoms with Gasteiger partial charge in [0.25, 0.3) is 5.91 Å². The molecule has 0 radical (unpaired) electrons. The van der Waals surface area contributed by atoms with Crippen LogP contribution in [0, 0.1) is 6.92 Å². The van der Waals surface area contributed by atoms with Crippen LogP contribution in [-0.2, 0) is 16.9 Å². The molecule has 1 atom stereocenters. The number of carbonyl (C=O) groups is 2. The SMILES string of the molecule is Cc1nc(CN2C(=O)N[C@](C)(c3ccc(Cl)s3)C2=O)no1. The van der Waals surface area contributed by atoms with E-state index in [4.69, 9.17) is 16.1 Å². The molecule has 0 bridgehead atoms. The highest BCUT2D eigenvalue weighted by Gasteiger charge is 2.50. The van der Waals surface area contributed by atoms with Gasteiger partial charge in [-0.3, -0.25) is 9.69 Å². The lowest BCUT2D eigenvalue weighted by atomic mass is 10.0. The largest absolute Gasteiger partial charge is 0.340 e. The van der Waals surface area contributed by atoms with Crippen molar-refractivity contribution in [2.24, 2.45) is 0 Å². The number of imide groups is 1. The van der Waals surface area contributed by atoms with Crippen molar-refractivity contribution in [3.8, 4) is 0 Å². The number of urea groups is 1. The number of nitrogens with one attached hydrogen (secondary N) is 1. The number of carbonyl (C=O) groups excluding carboxylic acids is 2. The molecule has 2 aromatic heterocycles. The Bertz CT molecular complexity index is 728. The molecular formula is C12H11ClN4O3S. The summed E-state index contributed by atoms with van der Waals surface area (Å²) in [6.45, 7) is 3.26. The fourth-order valence-electron chi connectivity index (χ4n) is 2.14. The molecule has 9 heteroatoms. The van der Waals surface area contributed by atoms with Crippen molar-refractivity contribution in [3.63, 3.8) is 0 Å². The summed E-state index contributed by atoms with van der Waals surface area (Å²) in [6, 6.07) is 2.93. The first-order chi connectivity index (χ1) is 9.90. The molecule has 7 nitrogen and oxygen atoms in total. The van der Waals surface area contributed by atoms with Crippen molar-refractivity contribution in [1.29, 1.82) is 0 Å². The van der Waals surface area contributed by atoms with Gasteiger partial charge in [-0.15, -0.1) is 11.3 Å². The van der Waals surface area contributed by atoms with Gasteiger partial charge < -0.3 is 9.84 Å². The molecule has 3 amide bonds. The van der Waals surface area contributed by atoms with E-state index >= 15 is 0 Å². The van der Waals surface area contributed by atoms with Crippen LogP contribution in [0.2, 0.25) is 4.34 Å². The highest BCUT2D eigenvalue weighted by molar-refractivity contribution is 7.16. The van der Waals surface area contributed by atoms with Crippen LogP contribution < -0.4 is 5.32 Å². The van der Waals surface area contributed by atoms with Crippen molar-refractivity contribution < 1.29 is 14.1 Å². The van der Waals surface area contributed by atoms with Crippen molar-refractivity contribution in [2.75, 3.05) is 0 Å². The topological polar surface area (TPSA) is 88.3 Å². The van der Waals surface area contributed by atoms with Crippen molar-refractivity contribution in [2.45, 2.75) is 25.9 Å². The van der Waals surface area contributed by atoms with Gasteiger partial charge in [0.1, 0.15) is 0 Å². The fourth-order valence-corrected chi connectivity index (χ4v) is 3.27. The van der Waals surface area contributed by atoms with E-state index in [9.17, 15) is 9.59 Å². The number of thiophene rings is 1. The van der Waals surface area contributed by atoms with Crippen LogP contribution in [0.15, 0.2) is 16.7 Å². The second-order valence-corrected chi connectivity index (χ2v) is 6.49. The standard InChI is InChI=1S/C12H11ClN4O3S/c1-6-14-9(16-20-6)5-17-10(18)12(2,15-11(17)19)7-3-4-8(13)21-7/h3-4H,5H2,1-2H3,(H,15,19)/t12-/m1/s1. The van der Waals surface area contributed by atoms with Gasteiger partial charge in [0, 0.05) is 11.8 Å². The number of hydrogen-bond acceptors (Lipinski definition) is 6. The van der Waals surface area contributed by atoms with Crippen LogP contribution in [-0.4, -0.2) is 27.0 Å². The Balaban J connectivity index is 1.88. The van der Waals surface area contributed by atoms with Crippen LogP contribution in [0.1, 0.15) is 23.5 Å². The third kappa shape index (κ3) is 2.30. The number of nitrogens with zero attached hydrogens (tertiary/aromatic N) is 3. The lowest BCUT2D eigenvalue weighted by Crippen LogP contribution is -2.40. The van der Waals surface area contributed by atoms with E-state index in [0.29, 0.717) is 15.1 Å². The van der Waals surface area contributed by atoms with Crippen molar-refractivity contribution in [1.82, 2.24) is 20.4 Å². The van der Waals surface area contributed by atoms with Gasteiger partial charge in [0.2, 0.25) is 5.89 Å². The van der Waals surface area contributed by atoms with Gasteiger partial charge in [-0.25, -0.2) is 4.79 Å². The van der Waals surface area contributed by atoms with Gasteiger partial charge in [-0.05, 0) is 19.1 Å². The molecular weight excluding hydrogens is 316 g/mol. The minimum Gasteiger partial charge on any atom is -0.340 e. The van der Waals surface area contributed by atoms with Crippen LogP contribution in [0.25, 0.3) is 0 Å². The van der Waals surface area contributed by atoms with Crippen LogP contribution in [0.3, 0.4) is 0 Å². The Hall–Kier alpha value is -1.93. The normalized spacial score (nSPS) is 22.0. The third-order valence-corrected chi connectivity index (χ3v) is 4.66. The van der Waals surface area contributed by atoms with E-state index in [1.54, 1.807) is 26.0 Å². The van der Waals surface area contributed by atoms with E-state index in [1.807, 2.05) is 0 Å². The minimum atomic E-state index is -1.12. The maximum Gasteiger partial charge on any atom is 0.325 e. The summed E-state index contributed by atoms with van der Waals surface area (Å²) in [4.78, 5) is 30.4. The molecule has 0 saturated carbocycles. The van der Waals surface area contributed by atoms with Gasteiger partial charge in [0.05, 0.1) is 10.9 Å². The molecule has 110 valence electrons. The molecule has 2 aromatic rings. The Kier molecular flexibility index (Phi) is 3.22. The first-order valence-electron chi connectivity index (χ1n) is 6.09. The molecule has 21 heavy (non-hydrogen) atoms. The second kappa shape index (κ2) is 4.81. The second-order valence-electron chi connectivity index (χ2n) is 4.78. The van der Waals surface area contributed by atoms with Crippen molar-refractivity contribution in [3.05, 3.63) is 33.1 Å². The molecule has 3 rings (SSSR count). The van der Waals surface area contributed by atoms with Gasteiger partial charge in [-0.1, -0.05) is 16.8 Å². The zero-order chi connectivity index (χ0) is 15.2. The highest BCUT2D eigenvalue weighted by atomic mass is 35.5. The molecule has 0 unspecified atom stereocenters. The summed E-state index contributed by atoms with van der Waals surface area (Å²) >= 11 is 7.16. The monoisotopic (exact) mass is 326 g/mol. The Morgan fingerprint density at radius 1 is 1.48 bits per heavy atom. The zero-order valence-electron chi connectivity index (χ0n) is 11.2. The number of aryl methyl sites for hydroxylation is 1.